The molecule has 0 aromatic heterocycles. The van der Waals surface area contributed by atoms with Crippen molar-refractivity contribution in [2.75, 3.05) is 24.7 Å². The molecule has 8 nitrogen and oxygen atoms in total. The highest BCUT2D eigenvalue weighted by Gasteiger charge is 2.49. The van der Waals surface area contributed by atoms with Gasteiger partial charge in [0.15, 0.2) is 0 Å². The number of hydrogen-bond donors (Lipinski definition) is 3. The lowest BCUT2D eigenvalue weighted by Gasteiger charge is -2.23. The first-order valence-electron chi connectivity index (χ1n) is 7.74. The summed E-state index contributed by atoms with van der Waals surface area (Å²) < 4.78 is 5.08. The molecular weight excluding hydrogens is 348 g/mol. The van der Waals surface area contributed by atoms with E-state index in [4.69, 9.17) is 10.5 Å². The van der Waals surface area contributed by atoms with Gasteiger partial charge in [0.05, 0.1) is 18.5 Å². The van der Waals surface area contributed by atoms with E-state index < -0.39 is 17.5 Å². The number of nitrogens with one attached hydrogen (secondary N) is 2. The normalized spacial score (nSPS) is 15.4. The lowest BCUT2D eigenvalue weighted by molar-refractivity contribution is -0.134. The number of anilines is 2. The van der Waals surface area contributed by atoms with E-state index in [-0.39, 0.29) is 24.9 Å². The first kappa shape index (κ1) is 20.6. The fourth-order valence-corrected chi connectivity index (χ4v) is 2.65. The molecule has 25 heavy (non-hydrogen) atoms. The number of benzene rings is 1. The van der Waals surface area contributed by atoms with Crippen molar-refractivity contribution in [2.24, 2.45) is 0 Å². The van der Waals surface area contributed by atoms with Crippen LogP contribution in [0.4, 0.5) is 16.2 Å². The fraction of sp³-hybridized carbons (Fsp3) is 0.438. The molecule has 1 fully saturated rings. The third-order valence-electron chi connectivity index (χ3n) is 4.29. The minimum absolute atomic E-state index is 0. The summed E-state index contributed by atoms with van der Waals surface area (Å²) in [7, 11) is 1.50. The topological polar surface area (TPSA) is 114 Å². The number of nitrogen functional groups attached to an aromatic ring is 1. The second-order valence-corrected chi connectivity index (χ2v) is 5.61. The standard InChI is InChI=1S/C16H22N4O4.ClH/c1-4-16(5-2)14(22)20(15(23)19-16)9-13(21)18-12-8-10(24-3)6-7-11(12)17;/h6-8H,4-5,9,17H2,1-3H3,(H,18,21)(H,19,23);1H. The number of methoxy groups -OCH3 is 1. The largest absolute Gasteiger partial charge is 0.497 e. The molecule has 1 saturated heterocycles. The highest BCUT2D eigenvalue weighted by molar-refractivity contribution is 6.10. The zero-order valence-corrected chi connectivity index (χ0v) is 15.2. The summed E-state index contributed by atoms with van der Waals surface area (Å²) in [4.78, 5) is 37.7. The molecule has 138 valence electrons. The molecule has 0 spiro atoms. The van der Waals surface area contributed by atoms with Gasteiger partial charge in [-0.05, 0) is 25.0 Å². The molecule has 9 heteroatoms. The molecule has 1 aromatic rings. The Bertz CT molecular complexity index is 676. The minimum atomic E-state index is -0.924. The number of carbonyl (C=O) groups is 3. The van der Waals surface area contributed by atoms with E-state index in [1.54, 1.807) is 18.2 Å². The SMILES string of the molecule is CCC1(CC)NC(=O)N(CC(=O)Nc2cc(OC)ccc2N)C1=O.Cl. The number of rotatable bonds is 6. The number of halogens is 1. The molecule has 0 bridgehead atoms. The average molecular weight is 371 g/mol. The second-order valence-electron chi connectivity index (χ2n) is 5.61. The van der Waals surface area contributed by atoms with E-state index in [1.807, 2.05) is 13.8 Å². The highest BCUT2D eigenvalue weighted by atomic mass is 35.5. The molecule has 4 N–H and O–H groups in total. The lowest BCUT2D eigenvalue weighted by atomic mass is 9.93. The third-order valence-corrected chi connectivity index (χ3v) is 4.29. The third kappa shape index (κ3) is 3.96. The van der Waals surface area contributed by atoms with E-state index in [2.05, 4.69) is 10.6 Å². The predicted octanol–water partition coefficient (Wildman–Crippen LogP) is 1.75. The summed E-state index contributed by atoms with van der Waals surface area (Å²) in [5, 5.41) is 5.28. The molecule has 1 aromatic carbocycles. The number of urea groups is 1. The van der Waals surface area contributed by atoms with Gasteiger partial charge >= 0.3 is 6.03 Å². The number of amides is 4. The van der Waals surface area contributed by atoms with Crippen molar-refractivity contribution >= 4 is 41.6 Å². The summed E-state index contributed by atoms with van der Waals surface area (Å²) in [5.74, 6) is -0.363. The Balaban J connectivity index is 0.00000312. The van der Waals surface area contributed by atoms with Crippen LogP contribution in [0.3, 0.4) is 0 Å². The summed E-state index contributed by atoms with van der Waals surface area (Å²) in [5.41, 5.74) is 5.61. The predicted molar refractivity (Wildman–Crippen MR) is 96.8 cm³/mol. The number of ether oxygens (including phenoxy) is 1. The van der Waals surface area contributed by atoms with E-state index in [0.717, 1.165) is 4.90 Å². The van der Waals surface area contributed by atoms with Gasteiger partial charge in [0, 0.05) is 6.07 Å². The van der Waals surface area contributed by atoms with Gasteiger partial charge in [-0.15, -0.1) is 12.4 Å². The van der Waals surface area contributed by atoms with E-state index in [9.17, 15) is 14.4 Å². The fourth-order valence-electron chi connectivity index (χ4n) is 2.65. The molecule has 0 atom stereocenters. The van der Waals surface area contributed by atoms with E-state index in [0.29, 0.717) is 30.0 Å². The Kier molecular flexibility index (Phi) is 6.63. The van der Waals surface area contributed by atoms with Crippen molar-refractivity contribution in [1.82, 2.24) is 10.2 Å². The molecule has 0 aliphatic carbocycles. The number of carbonyl (C=O) groups excluding carboxylic acids is 3. The number of hydrogen-bond acceptors (Lipinski definition) is 5. The summed E-state index contributed by atoms with van der Waals surface area (Å²) >= 11 is 0. The molecule has 0 saturated carbocycles. The van der Waals surface area contributed by atoms with Crippen LogP contribution in [0.2, 0.25) is 0 Å². The quantitative estimate of drug-likeness (QED) is 0.521. The van der Waals surface area contributed by atoms with Gasteiger partial charge in [0.1, 0.15) is 17.8 Å². The van der Waals surface area contributed by atoms with Gasteiger partial charge in [-0.25, -0.2) is 4.79 Å². The zero-order chi connectivity index (χ0) is 17.9. The average Bonchev–Trinajstić information content (AvgIpc) is 2.81. The monoisotopic (exact) mass is 370 g/mol. The first-order valence-corrected chi connectivity index (χ1v) is 7.74. The van der Waals surface area contributed by atoms with Gasteiger partial charge < -0.3 is 21.1 Å². The van der Waals surface area contributed by atoms with Crippen molar-refractivity contribution in [3.8, 4) is 5.75 Å². The van der Waals surface area contributed by atoms with Crippen LogP contribution in [-0.2, 0) is 9.59 Å². The van der Waals surface area contributed by atoms with Crippen LogP contribution in [0.1, 0.15) is 26.7 Å². The Labute approximate surface area is 152 Å². The summed E-state index contributed by atoms with van der Waals surface area (Å²) in [6, 6.07) is 4.28. The van der Waals surface area contributed by atoms with Crippen LogP contribution < -0.4 is 21.1 Å². The number of imide groups is 1. The van der Waals surface area contributed by atoms with E-state index >= 15 is 0 Å². The molecule has 1 aliphatic heterocycles. The first-order chi connectivity index (χ1) is 11.4. The van der Waals surface area contributed by atoms with Crippen molar-refractivity contribution < 1.29 is 19.1 Å². The van der Waals surface area contributed by atoms with Crippen LogP contribution in [0.25, 0.3) is 0 Å². The highest BCUT2D eigenvalue weighted by Crippen LogP contribution is 2.26. The lowest BCUT2D eigenvalue weighted by Crippen LogP contribution is -2.46. The molecule has 1 heterocycles. The van der Waals surface area contributed by atoms with Crippen molar-refractivity contribution in [1.29, 1.82) is 0 Å². The minimum Gasteiger partial charge on any atom is -0.497 e. The molecule has 2 rings (SSSR count). The van der Waals surface area contributed by atoms with Gasteiger partial charge in [-0.3, -0.25) is 14.5 Å². The van der Waals surface area contributed by atoms with Crippen LogP contribution in [0, 0.1) is 0 Å². The summed E-state index contributed by atoms with van der Waals surface area (Å²) in [6.45, 7) is 3.27. The maximum absolute atomic E-state index is 12.5. The Morgan fingerprint density at radius 3 is 2.48 bits per heavy atom. The van der Waals surface area contributed by atoms with Crippen molar-refractivity contribution in [3.05, 3.63) is 18.2 Å². The van der Waals surface area contributed by atoms with Crippen LogP contribution in [-0.4, -0.2) is 41.9 Å². The van der Waals surface area contributed by atoms with Crippen LogP contribution in [0.15, 0.2) is 18.2 Å². The van der Waals surface area contributed by atoms with Crippen LogP contribution >= 0.6 is 12.4 Å². The maximum Gasteiger partial charge on any atom is 0.325 e. The van der Waals surface area contributed by atoms with Crippen molar-refractivity contribution in [2.45, 2.75) is 32.2 Å². The number of nitrogens with zero attached hydrogens (tertiary/aromatic N) is 1. The Morgan fingerprint density at radius 1 is 1.32 bits per heavy atom. The van der Waals surface area contributed by atoms with Gasteiger partial charge in [-0.1, -0.05) is 13.8 Å². The molecular formula is C16H23ClN4O4. The molecule has 0 unspecified atom stereocenters. The van der Waals surface area contributed by atoms with Gasteiger partial charge in [0.25, 0.3) is 5.91 Å². The van der Waals surface area contributed by atoms with Crippen LogP contribution in [0.5, 0.6) is 5.75 Å². The number of nitrogens with two attached hydrogens (primary N) is 1. The maximum atomic E-state index is 12.5. The Hall–Kier alpha value is -2.48. The van der Waals surface area contributed by atoms with Gasteiger partial charge in [0.2, 0.25) is 5.91 Å². The van der Waals surface area contributed by atoms with Gasteiger partial charge in [-0.2, -0.15) is 0 Å². The second kappa shape index (κ2) is 8.06. The molecule has 1 aliphatic rings. The Morgan fingerprint density at radius 2 is 1.96 bits per heavy atom. The summed E-state index contributed by atoms with van der Waals surface area (Å²) in [6.07, 6.45) is 0.935. The van der Waals surface area contributed by atoms with E-state index in [1.165, 1.54) is 7.11 Å². The zero-order valence-electron chi connectivity index (χ0n) is 14.4. The molecule has 4 amide bonds. The molecule has 0 radical (unpaired) electrons. The smallest absolute Gasteiger partial charge is 0.325 e. The van der Waals surface area contributed by atoms with Crippen molar-refractivity contribution in [3.63, 3.8) is 0 Å².